The van der Waals surface area contributed by atoms with Gasteiger partial charge >= 0.3 is 12.1 Å². The second-order valence-electron chi connectivity index (χ2n) is 7.63. The van der Waals surface area contributed by atoms with Gasteiger partial charge in [0.05, 0.1) is 5.69 Å². The highest BCUT2D eigenvalue weighted by Gasteiger charge is 2.34. The number of phenolic OH excluding ortho intramolecular Hbond substituents is 1. The fraction of sp³-hybridized carbons (Fsp3) is 0.167. The molecule has 0 unspecified atom stereocenters. The molecular weight excluding hydrogens is 462 g/mol. The number of fused-ring (bicyclic) bond motifs is 1. The zero-order chi connectivity index (χ0) is 22.6. The predicted molar refractivity (Wildman–Crippen MR) is 123 cm³/mol. The number of rotatable bonds is 6. The second kappa shape index (κ2) is 9.22. The minimum Gasteiger partial charge on any atom is -0.508 e. The van der Waals surface area contributed by atoms with Gasteiger partial charge in [-0.05, 0) is 29.7 Å². The fourth-order valence-electron chi connectivity index (χ4n) is 3.31. The second-order valence-corrected chi connectivity index (χ2v) is 8.55. The van der Waals surface area contributed by atoms with Crippen molar-refractivity contribution in [3.63, 3.8) is 0 Å². The molecule has 3 aromatic carbocycles. The number of carboxylic acid groups (broad SMARTS) is 1. The number of halogens is 1. The SMILES string of the molecule is CC(C)(/C=C/C(=O)O)[C@H](OC(=O)Nc1cccc2ccccc12)c1cc(Br)ccc1O. The van der Waals surface area contributed by atoms with Gasteiger partial charge in [0.25, 0.3) is 0 Å². The summed E-state index contributed by atoms with van der Waals surface area (Å²) >= 11 is 3.36. The lowest BCUT2D eigenvalue weighted by molar-refractivity contribution is -0.131. The molecule has 31 heavy (non-hydrogen) atoms. The van der Waals surface area contributed by atoms with E-state index in [4.69, 9.17) is 9.84 Å². The van der Waals surface area contributed by atoms with E-state index in [0.29, 0.717) is 15.7 Å². The van der Waals surface area contributed by atoms with Crippen molar-refractivity contribution in [2.75, 3.05) is 5.32 Å². The highest BCUT2D eigenvalue weighted by atomic mass is 79.9. The summed E-state index contributed by atoms with van der Waals surface area (Å²) in [6, 6.07) is 17.9. The first-order chi connectivity index (χ1) is 14.7. The number of benzene rings is 3. The van der Waals surface area contributed by atoms with Gasteiger partial charge < -0.3 is 14.9 Å². The van der Waals surface area contributed by atoms with Crippen LogP contribution in [0.25, 0.3) is 10.8 Å². The van der Waals surface area contributed by atoms with Crippen molar-refractivity contribution in [1.82, 2.24) is 0 Å². The monoisotopic (exact) mass is 483 g/mol. The van der Waals surface area contributed by atoms with Crippen LogP contribution in [0.1, 0.15) is 25.5 Å². The molecule has 0 heterocycles. The van der Waals surface area contributed by atoms with Crippen molar-refractivity contribution in [1.29, 1.82) is 0 Å². The van der Waals surface area contributed by atoms with Gasteiger partial charge in [-0.2, -0.15) is 0 Å². The van der Waals surface area contributed by atoms with Crippen LogP contribution in [0.15, 0.2) is 77.3 Å². The van der Waals surface area contributed by atoms with E-state index in [-0.39, 0.29) is 5.75 Å². The van der Waals surface area contributed by atoms with Gasteiger partial charge in [-0.1, -0.05) is 72.3 Å². The molecule has 0 aliphatic rings. The molecule has 160 valence electrons. The maximum atomic E-state index is 12.9. The Bertz CT molecular complexity index is 1150. The molecule has 1 amide bonds. The molecule has 0 fully saturated rings. The van der Waals surface area contributed by atoms with Crippen LogP contribution in [-0.2, 0) is 9.53 Å². The van der Waals surface area contributed by atoms with Crippen LogP contribution in [0.2, 0.25) is 0 Å². The van der Waals surface area contributed by atoms with Gasteiger partial charge in [0.2, 0.25) is 0 Å². The van der Waals surface area contributed by atoms with Gasteiger partial charge in [0, 0.05) is 26.9 Å². The van der Waals surface area contributed by atoms with Gasteiger partial charge in [-0.25, -0.2) is 9.59 Å². The van der Waals surface area contributed by atoms with E-state index in [1.165, 1.54) is 12.1 Å². The lowest BCUT2D eigenvalue weighted by Crippen LogP contribution is -2.28. The van der Waals surface area contributed by atoms with E-state index >= 15 is 0 Å². The number of ether oxygens (including phenoxy) is 1. The Morgan fingerprint density at radius 2 is 1.81 bits per heavy atom. The molecule has 1 atom stereocenters. The summed E-state index contributed by atoms with van der Waals surface area (Å²) in [6.45, 7) is 3.45. The van der Waals surface area contributed by atoms with E-state index in [2.05, 4.69) is 21.2 Å². The third-order valence-corrected chi connectivity index (χ3v) is 5.35. The zero-order valence-electron chi connectivity index (χ0n) is 17.0. The molecule has 3 rings (SSSR count). The van der Waals surface area contributed by atoms with Crippen molar-refractivity contribution >= 4 is 44.5 Å². The Hall–Kier alpha value is -3.32. The highest BCUT2D eigenvalue weighted by molar-refractivity contribution is 9.10. The van der Waals surface area contributed by atoms with Crippen LogP contribution in [0.4, 0.5) is 10.5 Å². The van der Waals surface area contributed by atoms with E-state index in [9.17, 15) is 14.7 Å². The van der Waals surface area contributed by atoms with Crippen molar-refractivity contribution < 1.29 is 24.5 Å². The summed E-state index contributed by atoms with van der Waals surface area (Å²) in [4.78, 5) is 23.9. The lowest BCUT2D eigenvalue weighted by Gasteiger charge is -2.32. The third kappa shape index (κ3) is 5.44. The van der Waals surface area contributed by atoms with E-state index in [1.54, 1.807) is 32.0 Å². The first-order valence-corrected chi connectivity index (χ1v) is 10.3. The Kier molecular flexibility index (Phi) is 6.65. The van der Waals surface area contributed by atoms with Gasteiger partial charge in [-0.3, -0.25) is 5.32 Å². The molecule has 7 heteroatoms. The first-order valence-electron chi connectivity index (χ1n) is 9.53. The molecule has 3 N–H and O–H groups in total. The Morgan fingerprint density at radius 1 is 1.10 bits per heavy atom. The smallest absolute Gasteiger partial charge is 0.412 e. The number of carboxylic acids is 1. The molecule has 0 saturated carbocycles. The minimum absolute atomic E-state index is 0.0667. The van der Waals surface area contributed by atoms with Crippen LogP contribution in [-0.4, -0.2) is 22.3 Å². The minimum atomic E-state index is -1.12. The predicted octanol–water partition coefficient (Wildman–Crippen LogP) is 6.26. The quantitative estimate of drug-likeness (QED) is 0.359. The van der Waals surface area contributed by atoms with Crippen LogP contribution in [0, 0.1) is 5.41 Å². The molecule has 0 spiro atoms. The molecule has 0 saturated heterocycles. The molecule has 0 aliphatic carbocycles. The molecule has 0 aliphatic heterocycles. The summed E-state index contributed by atoms with van der Waals surface area (Å²) in [6.07, 6.45) is 0.743. The molecule has 6 nitrogen and oxygen atoms in total. The van der Waals surface area contributed by atoms with Crippen LogP contribution in [0.5, 0.6) is 5.75 Å². The number of nitrogens with one attached hydrogen (secondary N) is 1. The maximum Gasteiger partial charge on any atom is 0.412 e. The van der Waals surface area contributed by atoms with Gasteiger partial charge in [0.1, 0.15) is 11.9 Å². The average Bonchev–Trinajstić information content (AvgIpc) is 2.73. The number of anilines is 1. The van der Waals surface area contributed by atoms with Crippen molar-refractivity contribution in [2.24, 2.45) is 5.41 Å². The zero-order valence-corrected chi connectivity index (χ0v) is 18.6. The number of carbonyl (C=O) groups excluding carboxylic acids is 1. The molecule has 3 aromatic rings. The standard InChI is InChI=1S/C24H22BrNO5/c1-24(2,13-12-21(28)29)22(18-14-16(25)10-11-20(18)27)31-23(30)26-19-9-5-7-15-6-3-4-8-17(15)19/h3-14,22,27H,1-2H3,(H,26,30)(H,28,29)/b13-12+/t22-/m1/s1. The number of amides is 1. The van der Waals surface area contributed by atoms with E-state index in [0.717, 1.165) is 16.8 Å². The summed E-state index contributed by atoms with van der Waals surface area (Å²) in [5, 5.41) is 24.0. The highest BCUT2D eigenvalue weighted by Crippen LogP contribution is 2.42. The Morgan fingerprint density at radius 3 is 2.55 bits per heavy atom. The summed E-state index contributed by atoms with van der Waals surface area (Å²) in [5.41, 5.74) is -0.00563. The van der Waals surface area contributed by atoms with Gasteiger partial charge in [0.15, 0.2) is 0 Å². The summed E-state index contributed by atoms with van der Waals surface area (Å²) < 4.78 is 6.43. The number of aliphatic carboxylic acids is 1. The largest absolute Gasteiger partial charge is 0.508 e. The first kappa shape index (κ1) is 22.4. The number of hydrogen-bond acceptors (Lipinski definition) is 4. The molecule has 0 radical (unpaired) electrons. The van der Waals surface area contributed by atoms with E-state index < -0.39 is 23.6 Å². The number of phenols is 1. The number of aromatic hydroxyl groups is 1. The number of carbonyl (C=O) groups is 2. The topological polar surface area (TPSA) is 95.9 Å². The lowest BCUT2D eigenvalue weighted by atomic mass is 9.81. The normalized spacial score (nSPS) is 12.6. The molecule has 0 bridgehead atoms. The van der Waals surface area contributed by atoms with Crippen LogP contribution in [0.3, 0.4) is 0 Å². The van der Waals surface area contributed by atoms with Gasteiger partial charge in [-0.15, -0.1) is 0 Å². The fourth-order valence-corrected chi connectivity index (χ4v) is 3.68. The third-order valence-electron chi connectivity index (χ3n) is 4.85. The van der Waals surface area contributed by atoms with Crippen molar-refractivity contribution in [3.05, 3.63) is 82.9 Å². The number of hydrogen-bond donors (Lipinski definition) is 3. The van der Waals surface area contributed by atoms with Crippen LogP contribution >= 0.6 is 15.9 Å². The van der Waals surface area contributed by atoms with Crippen LogP contribution < -0.4 is 5.32 Å². The van der Waals surface area contributed by atoms with Crippen molar-refractivity contribution in [3.8, 4) is 5.75 Å². The molecular formula is C24H22BrNO5. The van der Waals surface area contributed by atoms with E-state index in [1.807, 2.05) is 36.4 Å². The average molecular weight is 484 g/mol. The Labute approximate surface area is 188 Å². The molecule has 0 aromatic heterocycles. The summed E-state index contributed by atoms with van der Waals surface area (Å²) in [7, 11) is 0. The van der Waals surface area contributed by atoms with Crippen molar-refractivity contribution in [2.45, 2.75) is 20.0 Å². The maximum absolute atomic E-state index is 12.9. The summed E-state index contributed by atoms with van der Waals surface area (Å²) in [5.74, 6) is -1.19. The Balaban J connectivity index is 1.95.